The molecule has 3 N–H and O–H groups in total. The molecule has 0 aromatic heterocycles. The number of aliphatic carboxylic acids is 1. The van der Waals surface area contributed by atoms with Crippen molar-refractivity contribution in [2.24, 2.45) is 0 Å². The highest BCUT2D eigenvalue weighted by molar-refractivity contribution is 5.86. The molecule has 0 amide bonds. The van der Waals surface area contributed by atoms with Crippen molar-refractivity contribution in [1.29, 1.82) is 0 Å². The molecule has 0 bridgehead atoms. The Hall–Kier alpha value is -2.71. The quantitative estimate of drug-likeness (QED) is 0.272. The van der Waals surface area contributed by atoms with Crippen LogP contribution in [0, 0.1) is 5.82 Å². The number of nitrogens with one attached hydrogen (secondary N) is 2. The molecular weight excluding hydrogens is 495 g/mol. The molecule has 3 atom stereocenters. The molecule has 2 saturated heterocycles. The van der Waals surface area contributed by atoms with Crippen LogP contribution in [0.5, 0.6) is 5.75 Å². The summed E-state index contributed by atoms with van der Waals surface area (Å²) in [5, 5.41) is 17.5. The normalized spacial score (nSPS) is 25.2. The fraction of sp³-hybridized carbons (Fsp3) is 0.613. The van der Waals surface area contributed by atoms with Gasteiger partial charge in [-0.1, -0.05) is 26.3 Å². The van der Waals surface area contributed by atoms with Gasteiger partial charge in [-0.25, -0.2) is 8.97 Å². The van der Waals surface area contributed by atoms with E-state index in [1.165, 1.54) is 50.1 Å². The first kappa shape index (κ1) is 29.3. The molecule has 8 heteroatoms. The van der Waals surface area contributed by atoms with Crippen LogP contribution in [0.25, 0.3) is 0 Å². The molecule has 39 heavy (non-hydrogen) atoms. The number of dihydropyridines is 1. The molecule has 3 heterocycles. The van der Waals surface area contributed by atoms with E-state index in [0.29, 0.717) is 24.7 Å². The van der Waals surface area contributed by atoms with Crippen molar-refractivity contribution in [2.45, 2.75) is 89.4 Å². The van der Waals surface area contributed by atoms with Crippen molar-refractivity contribution >= 4 is 11.7 Å². The molecule has 3 aliphatic heterocycles. The zero-order valence-corrected chi connectivity index (χ0v) is 24.2. The largest absolute Gasteiger partial charge is 0.493 e. The number of unbranched alkanes of at least 4 members (excludes halogenated alkanes) is 2. The molecule has 2 unspecified atom stereocenters. The average Bonchev–Trinajstić information content (AvgIpc) is 3.37. The van der Waals surface area contributed by atoms with E-state index < -0.39 is 17.8 Å². The molecule has 0 aliphatic carbocycles. The summed E-state index contributed by atoms with van der Waals surface area (Å²) in [6.45, 7) is 8.32. The molecule has 0 saturated carbocycles. The summed E-state index contributed by atoms with van der Waals surface area (Å²) in [5.41, 5.74) is 3.73. The number of carboxylic acids is 1. The highest BCUT2D eigenvalue weighted by Crippen LogP contribution is 2.36. The molecule has 0 spiro atoms. The summed E-state index contributed by atoms with van der Waals surface area (Å²) in [6.07, 6.45) is 14.1. The van der Waals surface area contributed by atoms with Gasteiger partial charge >= 0.3 is 5.97 Å². The number of fused-ring (bicyclic) bond motifs is 1. The van der Waals surface area contributed by atoms with Crippen molar-refractivity contribution in [2.75, 3.05) is 33.8 Å². The number of ether oxygens (including phenoxy) is 1. The zero-order valence-electron chi connectivity index (χ0n) is 24.2. The van der Waals surface area contributed by atoms with Crippen LogP contribution in [-0.2, 0) is 4.79 Å². The fourth-order valence-electron chi connectivity index (χ4n) is 6.28. The van der Waals surface area contributed by atoms with Gasteiger partial charge in [-0.3, -0.25) is 15.0 Å². The van der Waals surface area contributed by atoms with Crippen LogP contribution in [-0.4, -0.2) is 71.8 Å². The molecule has 1 aromatic rings. The lowest BCUT2D eigenvalue weighted by molar-refractivity contribution is -0.499. The van der Waals surface area contributed by atoms with Crippen molar-refractivity contribution in [3.05, 3.63) is 53.0 Å². The van der Waals surface area contributed by atoms with Gasteiger partial charge in [-0.15, -0.1) is 0 Å². The second kappa shape index (κ2) is 12.6. The number of piperidine rings is 1. The summed E-state index contributed by atoms with van der Waals surface area (Å²) in [4.78, 5) is 14.4. The number of halogens is 1. The molecule has 3 aliphatic rings. The van der Waals surface area contributed by atoms with Gasteiger partial charge in [-0.05, 0) is 74.1 Å². The highest BCUT2D eigenvalue weighted by atomic mass is 19.1. The van der Waals surface area contributed by atoms with E-state index in [9.17, 15) is 14.3 Å². The molecule has 4 rings (SSSR count). The monoisotopic (exact) mass is 541 g/mol. The molecule has 1 aromatic carbocycles. The Morgan fingerprint density at radius 2 is 2.08 bits per heavy atom. The van der Waals surface area contributed by atoms with Crippen LogP contribution in [0.4, 0.5) is 4.39 Å². The molecule has 7 nitrogen and oxygen atoms in total. The first-order valence-corrected chi connectivity index (χ1v) is 14.4. The van der Waals surface area contributed by atoms with Crippen LogP contribution in [0.1, 0.15) is 88.8 Å². The van der Waals surface area contributed by atoms with Crippen molar-refractivity contribution in [1.82, 2.24) is 15.5 Å². The number of nitrogens with zero attached hydrogens (tertiary/aromatic N) is 2. The van der Waals surface area contributed by atoms with E-state index >= 15 is 0 Å². The minimum Gasteiger partial charge on any atom is -0.493 e. The number of methoxy groups -OCH3 is 1. The van der Waals surface area contributed by atoms with Crippen LogP contribution in [0.3, 0.4) is 0 Å². The number of likely N-dealkylation sites (tertiary alicyclic amines) is 1. The number of rotatable bonds is 11. The lowest BCUT2D eigenvalue weighted by Gasteiger charge is -2.43. The van der Waals surface area contributed by atoms with Crippen LogP contribution in [0.2, 0.25) is 0 Å². The van der Waals surface area contributed by atoms with E-state index in [1.54, 1.807) is 6.07 Å². The molecular formula is C31H46FN4O3+. The smallest absolute Gasteiger partial charge is 0.325 e. The van der Waals surface area contributed by atoms with Crippen LogP contribution in [0.15, 0.2) is 36.1 Å². The summed E-state index contributed by atoms with van der Waals surface area (Å²) < 4.78 is 22.5. The minimum absolute atomic E-state index is 0.0260. The third-order valence-electron chi connectivity index (χ3n) is 8.68. The van der Waals surface area contributed by atoms with Gasteiger partial charge < -0.3 is 15.2 Å². The van der Waals surface area contributed by atoms with E-state index in [-0.39, 0.29) is 17.3 Å². The standard InChI is InChI=1S/C31H45FN4O3/c1-21(2)22-18-26(29(39-5)27(32)19-22)28(30(37)38)36-17-14-25(20-36)35(4)16-8-6-7-11-24-13-12-23-10-9-15-33-31(23,3)34-24/h9-10,15,18-19,21,24,28,33-34H,6-8,11-14,16-17,20H2,1-5H3/p+1/t24-,28?,31?/m0/s1. The fourth-order valence-corrected chi connectivity index (χ4v) is 6.28. The molecule has 2 fully saturated rings. The third kappa shape index (κ3) is 6.72. The molecule has 214 valence electrons. The van der Waals surface area contributed by atoms with Gasteiger partial charge in [-0.2, -0.15) is 0 Å². The maximum Gasteiger partial charge on any atom is 0.325 e. The van der Waals surface area contributed by atoms with E-state index in [4.69, 9.17) is 4.74 Å². The van der Waals surface area contributed by atoms with Gasteiger partial charge in [0, 0.05) is 31.0 Å². The zero-order chi connectivity index (χ0) is 28.2. The van der Waals surface area contributed by atoms with Gasteiger partial charge in [0.25, 0.3) is 0 Å². The van der Waals surface area contributed by atoms with E-state index in [0.717, 1.165) is 31.4 Å². The van der Waals surface area contributed by atoms with Gasteiger partial charge in [0.05, 0.1) is 13.7 Å². The Morgan fingerprint density at radius 3 is 2.79 bits per heavy atom. The summed E-state index contributed by atoms with van der Waals surface area (Å²) in [6, 6.07) is 2.83. The Bertz CT molecular complexity index is 1140. The predicted octanol–water partition coefficient (Wildman–Crippen LogP) is 4.94. The van der Waals surface area contributed by atoms with Crippen molar-refractivity contribution in [3.63, 3.8) is 0 Å². The van der Waals surface area contributed by atoms with Crippen LogP contribution >= 0.6 is 0 Å². The Kier molecular flexibility index (Phi) is 9.49. The number of allylic oxidation sites excluding steroid dienone is 2. The van der Waals surface area contributed by atoms with E-state index in [1.807, 2.05) is 24.9 Å². The Morgan fingerprint density at radius 1 is 1.28 bits per heavy atom. The first-order valence-electron chi connectivity index (χ1n) is 14.4. The number of hydrogen-bond donors (Lipinski definition) is 3. The number of hydrogen-bond acceptors (Lipinski definition) is 5. The summed E-state index contributed by atoms with van der Waals surface area (Å²) >= 11 is 0. The van der Waals surface area contributed by atoms with Gasteiger partial charge in [0.15, 0.2) is 17.3 Å². The van der Waals surface area contributed by atoms with Gasteiger partial charge in [0.1, 0.15) is 25.3 Å². The topological polar surface area (TPSA) is 76.8 Å². The van der Waals surface area contributed by atoms with Gasteiger partial charge in [0.2, 0.25) is 0 Å². The van der Waals surface area contributed by atoms with Crippen LogP contribution < -0.4 is 15.4 Å². The summed E-state index contributed by atoms with van der Waals surface area (Å²) in [7, 11) is 3.50. The van der Waals surface area contributed by atoms with E-state index in [2.05, 4.69) is 41.3 Å². The Labute approximate surface area is 232 Å². The Balaban J connectivity index is 1.31. The second-order valence-corrected chi connectivity index (χ2v) is 11.8. The first-order chi connectivity index (χ1) is 18.6. The predicted molar refractivity (Wildman–Crippen MR) is 153 cm³/mol. The number of carboxylic acid groups (broad SMARTS) is 1. The maximum atomic E-state index is 14.8. The lowest BCUT2D eigenvalue weighted by Crippen LogP contribution is -2.60. The van der Waals surface area contributed by atoms with Crippen molar-refractivity contribution in [3.8, 4) is 5.75 Å². The average molecular weight is 542 g/mol. The number of benzene rings is 1. The maximum absolute atomic E-state index is 14.8. The summed E-state index contributed by atoms with van der Waals surface area (Å²) in [5.74, 6) is -1.38. The van der Waals surface area contributed by atoms with Crippen molar-refractivity contribution < 1.29 is 23.6 Å². The second-order valence-electron chi connectivity index (χ2n) is 11.8. The highest BCUT2D eigenvalue weighted by Gasteiger charge is 2.38. The third-order valence-corrected chi connectivity index (χ3v) is 8.68. The molecule has 0 radical (unpaired) electrons. The number of carbonyl (C=O) groups is 1. The minimum atomic E-state index is -0.982. The SMILES string of the molecule is COc1c(F)cc(C(C)C)cc1C(C(=O)O)N1CCC(=[N+](C)CCCCC[C@H]2CCC3=CC=CNC3(C)N2)C1. The lowest BCUT2D eigenvalue weighted by atomic mass is 9.85.